The summed E-state index contributed by atoms with van der Waals surface area (Å²) in [4.78, 5) is 37.9. The molecule has 1 rings (SSSR count). The summed E-state index contributed by atoms with van der Waals surface area (Å²) in [5.41, 5.74) is -0.00392. The number of carbonyl (C=O) groups is 3. The van der Waals surface area contributed by atoms with Crippen LogP contribution in [0.4, 0.5) is 0 Å². The number of carbonyl (C=O) groups excluding carboxylic acids is 3. The maximum absolute atomic E-state index is 11.7. The SMILES string of the molecule is COC(=O)CCC(=O)Oc1c(OC)ccnc1C(C)=O. The van der Waals surface area contributed by atoms with Crippen molar-refractivity contribution in [3.8, 4) is 11.5 Å². The van der Waals surface area contributed by atoms with Gasteiger partial charge in [0.15, 0.2) is 17.2 Å². The number of ketones is 1. The van der Waals surface area contributed by atoms with Crippen LogP contribution in [0, 0.1) is 0 Å². The summed E-state index contributed by atoms with van der Waals surface area (Å²) in [5, 5.41) is 0. The van der Waals surface area contributed by atoms with E-state index in [0.29, 0.717) is 0 Å². The van der Waals surface area contributed by atoms with E-state index >= 15 is 0 Å². The summed E-state index contributed by atoms with van der Waals surface area (Å²) >= 11 is 0. The number of rotatable bonds is 6. The lowest BCUT2D eigenvalue weighted by Gasteiger charge is -2.11. The average molecular weight is 281 g/mol. The van der Waals surface area contributed by atoms with Crippen molar-refractivity contribution in [1.82, 2.24) is 4.98 Å². The van der Waals surface area contributed by atoms with Crippen molar-refractivity contribution in [2.24, 2.45) is 0 Å². The van der Waals surface area contributed by atoms with Crippen LogP contribution in [-0.2, 0) is 14.3 Å². The van der Waals surface area contributed by atoms with Gasteiger partial charge in [0.1, 0.15) is 0 Å². The molecule has 108 valence electrons. The first-order valence-corrected chi connectivity index (χ1v) is 5.81. The van der Waals surface area contributed by atoms with E-state index in [9.17, 15) is 14.4 Å². The Morgan fingerprint density at radius 3 is 2.35 bits per heavy atom. The highest BCUT2D eigenvalue weighted by atomic mass is 16.6. The third-order valence-corrected chi connectivity index (χ3v) is 2.40. The summed E-state index contributed by atoms with van der Waals surface area (Å²) in [6.45, 7) is 1.30. The highest BCUT2D eigenvalue weighted by Crippen LogP contribution is 2.30. The molecule has 0 saturated heterocycles. The normalized spacial score (nSPS) is 9.75. The van der Waals surface area contributed by atoms with Gasteiger partial charge < -0.3 is 14.2 Å². The van der Waals surface area contributed by atoms with Gasteiger partial charge in [0, 0.05) is 19.2 Å². The zero-order valence-electron chi connectivity index (χ0n) is 11.5. The Hall–Kier alpha value is -2.44. The van der Waals surface area contributed by atoms with Gasteiger partial charge in [-0.1, -0.05) is 0 Å². The van der Waals surface area contributed by atoms with Gasteiger partial charge in [-0.25, -0.2) is 4.98 Å². The van der Waals surface area contributed by atoms with Gasteiger partial charge in [-0.2, -0.15) is 0 Å². The zero-order chi connectivity index (χ0) is 15.1. The van der Waals surface area contributed by atoms with Crippen LogP contribution in [0.2, 0.25) is 0 Å². The number of aromatic nitrogens is 1. The first-order chi connectivity index (χ1) is 9.49. The fourth-order valence-corrected chi connectivity index (χ4v) is 1.41. The zero-order valence-corrected chi connectivity index (χ0v) is 11.5. The van der Waals surface area contributed by atoms with E-state index in [1.165, 1.54) is 33.4 Å². The topological polar surface area (TPSA) is 91.8 Å². The Labute approximate surface area is 115 Å². The number of nitrogens with zero attached hydrogens (tertiary/aromatic N) is 1. The second-order valence-electron chi connectivity index (χ2n) is 3.80. The summed E-state index contributed by atoms with van der Waals surface area (Å²) in [5.74, 6) is -1.38. The van der Waals surface area contributed by atoms with Crippen LogP contribution >= 0.6 is 0 Å². The van der Waals surface area contributed by atoms with Gasteiger partial charge in [0.2, 0.25) is 5.75 Å². The van der Waals surface area contributed by atoms with E-state index in [0.717, 1.165) is 0 Å². The van der Waals surface area contributed by atoms with Gasteiger partial charge in [0.25, 0.3) is 0 Å². The van der Waals surface area contributed by atoms with Crippen LogP contribution in [0.1, 0.15) is 30.3 Å². The first kappa shape index (κ1) is 15.6. The summed E-state index contributed by atoms with van der Waals surface area (Å²) in [6, 6.07) is 1.47. The van der Waals surface area contributed by atoms with Crippen molar-refractivity contribution in [3.05, 3.63) is 18.0 Å². The van der Waals surface area contributed by atoms with E-state index in [2.05, 4.69) is 9.72 Å². The maximum atomic E-state index is 11.7. The second kappa shape index (κ2) is 7.22. The molecule has 7 nitrogen and oxygen atoms in total. The molecule has 0 N–H and O–H groups in total. The lowest BCUT2D eigenvalue weighted by atomic mass is 10.2. The molecule has 0 amide bonds. The molecule has 0 saturated carbocycles. The average Bonchev–Trinajstić information content (AvgIpc) is 2.44. The van der Waals surface area contributed by atoms with Crippen molar-refractivity contribution in [1.29, 1.82) is 0 Å². The van der Waals surface area contributed by atoms with Crippen molar-refractivity contribution >= 4 is 17.7 Å². The fraction of sp³-hybridized carbons (Fsp3) is 0.385. The summed E-state index contributed by atoms with van der Waals surface area (Å²) in [7, 11) is 2.61. The number of esters is 2. The third-order valence-electron chi connectivity index (χ3n) is 2.40. The van der Waals surface area contributed by atoms with Crippen molar-refractivity contribution < 1.29 is 28.6 Å². The molecule has 20 heavy (non-hydrogen) atoms. The number of methoxy groups -OCH3 is 2. The number of hydrogen-bond donors (Lipinski definition) is 0. The second-order valence-corrected chi connectivity index (χ2v) is 3.80. The van der Waals surface area contributed by atoms with E-state index < -0.39 is 11.9 Å². The molecule has 0 bridgehead atoms. The van der Waals surface area contributed by atoms with Gasteiger partial charge in [-0.15, -0.1) is 0 Å². The molecule has 1 heterocycles. The van der Waals surface area contributed by atoms with E-state index in [4.69, 9.17) is 9.47 Å². The number of hydrogen-bond acceptors (Lipinski definition) is 7. The molecule has 7 heteroatoms. The van der Waals surface area contributed by atoms with Crippen LogP contribution < -0.4 is 9.47 Å². The minimum atomic E-state index is -0.677. The van der Waals surface area contributed by atoms with Gasteiger partial charge in [0.05, 0.1) is 27.1 Å². The number of pyridine rings is 1. The molecule has 0 fully saturated rings. The minimum Gasteiger partial charge on any atom is -0.493 e. The largest absolute Gasteiger partial charge is 0.493 e. The summed E-state index contributed by atoms with van der Waals surface area (Å²) in [6.07, 6.45) is 1.11. The first-order valence-electron chi connectivity index (χ1n) is 5.81. The molecule has 0 atom stereocenters. The monoisotopic (exact) mass is 281 g/mol. The standard InChI is InChI=1S/C13H15NO6/c1-8(15)12-13(9(18-2)6-7-14-12)20-11(17)5-4-10(16)19-3/h6-7H,4-5H2,1-3H3. The van der Waals surface area contributed by atoms with Crippen LogP contribution in [-0.4, -0.2) is 36.9 Å². The minimum absolute atomic E-state index is 0.00392. The van der Waals surface area contributed by atoms with E-state index in [1.54, 1.807) is 0 Å². The molecular formula is C13H15NO6. The molecule has 0 unspecified atom stereocenters. The number of Topliss-reactive ketones (excluding diaryl/α,β-unsaturated/α-hetero) is 1. The number of ether oxygens (including phenoxy) is 3. The van der Waals surface area contributed by atoms with Crippen LogP contribution in [0.25, 0.3) is 0 Å². The quantitative estimate of drug-likeness (QED) is 0.570. The highest BCUT2D eigenvalue weighted by Gasteiger charge is 2.19. The Morgan fingerprint density at radius 1 is 1.15 bits per heavy atom. The maximum Gasteiger partial charge on any atom is 0.311 e. The predicted octanol–water partition coefficient (Wildman–Crippen LogP) is 1.15. The molecule has 0 aromatic carbocycles. The van der Waals surface area contributed by atoms with Gasteiger partial charge >= 0.3 is 11.9 Å². The molecule has 1 aromatic heterocycles. The van der Waals surface area contributed by atoms with Crippen molar-refractivity contribution in [2.75, 3.05) is 14.2 Å². The van der Waals surface area contributed by atoms with Crippen LogP contribution in [0.5, 0.6) is 11.5 Å². The summed E-state index contributed by atoms with van der Waals surface area (Å²) < 4.78 is 14.5. The van der Waals surface area contributed by atoms with Gasteiger partial charge in [-0.3, -0.25) is 14.4 Å². The van der Waals surface area contributed by atoms with Crippen LogP contribution in [0.3, 0.4) is 0 Å². The van der Waals surface area contributed by atoms with Crippen LogP contribution in [0.15, 0.2) is 12.3 Å². The van der Waals surface area contributed by atoms with Crippen molar-refractivity contribution in [2.45, 2.75) is 19.8 Å². The molecular weight excluding hydrogens is 266 g/mol. The smallest absolute Gasteiger partial charge is 0.311 e. The molecule has 0 radical (unpaired) electrons. The molecule has 1 aromatic rings. The molecule has 0 aliphatic rings. The van der Waals surface area contributed by atoms with Gasteiger partial charge in [-0.05, 0) is 0 Å². The lowest BCUT2D eigenvalue weighted by Crippen LogP contribution is -2.14. The molecule has 0 aliphatic heterocycles. The Kier molecular flexibility index (Phi) is 5.64. The van der Waals surface area contributed by atoms with Crippen molar-refractivity contribution in [3.63, 3.8) is 0 Å². The lowest BCUT2D eigenvalue weighted by molar-refractivity contribution is -0.144. The van der Waals surface area contributed by atoms with E-state index in [1.807, 2.05) is 0 Å². The Bertz CT molecular complexity index is 526. The van der Waals surface area contributed by atoms with E-state index in [-0.39, 0.29) is 35.8 Å². The fourth-order valence-electron chi connectivity index (χ4n) is 1.41. The highest BCUT2D eigenvalue weighted by molar-refractivity contribution is 5.96. The predicted molar refractivity (Wildman–Crippen MR) is 67.7 cm³/mol. The molecule has 0 spiro atoms. The Balaban J connectivity index is 2.87. The third kappa shape index (κ3) is 4.04. The Morgan fingerprint density at radius 2 is 1.80 bits per heavy atom. The molecule has 0 aliphatic carbocycles.